The van der Waals surface area contributed by atoms with Crippen molar-refractivity contribution in [2.75, 3.05) is 0 Å². The monoisotopic (exact) mass is 624 g/mol. The third-order valence-electron chi connectivity index (χ3n) is 10.3. The molecule has 0 spiro atoms. The van der Waals surface area contributed by atoms with E-state index in [-0.39, 0.29) is 0 Å². The van der Waals surface area contributed by atoms with Gasteiger partial charge in [0.25, 0.3) is 0 Å². The van der Waals surface area contributed by atoms with Crippen molar-refractivity contribution in [1.82, 2.24) is 9.55 Å². The first-order valence-corrected chi connectivity index (χ1v) is 17.1. The Morgan fingerprint density at radius 1 is 0.429 bits per heavy atom. The quantitative estimate of drug-likeness (QED) is 0.186. The van der Waals surface area contributed by atoms with E-state index in [0.29, 0.717) is 0 Å². The molecule has 1 heterocycles. The van der Waals surface area contributed by atoms with Crippen LogP contribution in [-0.2, 0) is 6.42 Å². The topological polar surface area (TPSA) is 17.8 Å². The highest BCUT2D eigenvalue weighted by Gasteiger charge is 2.31. The third-order valence-corrected chi connectivity index (χ3v) is 10.3. The normalized spacial score (nSPS) is 11.9. The minimum Gasteiger partial charge on any atom is -0.296 e. The molecule has 0 atom stereocenters. The summed E-state index contributed by atoms with van der Waals surface area (Å²) in [4.78, 5) is 4.92. The van der Waals surface area contributed by atoms with Gasteiger partial charge in [-0.1, -0.05) is 146 Å². The van der Waals surface area contributed by atoms with Crippen LogP contribution < -0.4 is 0 Å². The lowest BCUT2D eigenvalue weighted by atomic mass is 9.82. The fourth-order valence-electron chi connectivity index (χ4n) is 8.25. The van der Waals surface area contributed by atoms with E-state index in [2.05, 4.69) is 175 Å². The summed E-state index contributed by atoms with van der Waals surface area (Å²) in [5, 5.41) is 5.18. The van der Waals surface area contributed by atoms with Gasteiger partial charge in [0, 0.05) is 12.1 Å². The molecule has 2 nitrogen and oxygen atoms in total. The predicted octanol–water partition coefficient (Wildman–Crippen LogP) is 12.5. The van der Waals surface area contributed by atoms with Gasteiger partial charge in [-0.15, -0.1) is 0 Å². The maximum Gasteiger partial charge on any atom is 0.114 e. The number of aryl methyl sites for hydroxylation is 1. The van der Waals surface area contributed by atoms with Crippen LogP contribution in [0, 0.1) is 0 Å². The van der Waals surface area contributed by atoms with E-state index < -0.39 is 0 Å². The van der Waals surface area contributed by atoms with Crippen molar-refractivity contribution >= 4 is 32.6 Å². The molecule has 2 heteroatoms. The van der Waals surface area contributed by atoms with Gasteiger partial charge in [0.1, 0.15) is 5.82 Å². The summed E-state index contributed by atoms with van der Waals surface area (Å²) in [6.45, 7) is 2.17. The van der Waals surface area contributed by atoms with Crippen LogP contribution in [0.2, 0.25) is 0 Å². The molecule has 0 unspecified atom stereocenters. The van der Waals surface area contributed by atoms with Crippen molar-refractivity contribution in [3.05, 3.63) is 170 Å². The van der Waals surface area contributed by atoms with E-state index in [9.17, 15) is 0 Å². The van der Waals surface area contributed by atoms with E-state index in [1.807, 2.05) is 0 Å². The molecule has 0 bridgehead atoms. The number of fused-ring (bicyclic) bond motifs is 5. The van der Waals surface area contributed by atoms with Crippen LogP contribution in [-0.4, -0.2) is 9.55 Å². The minimum absolute atomic E-state index is 0.872. The van der Waals surface area contributed by atoms with Gasteiger partial charge >= 0.3 is 0 Å². The number of imidazole rings is 1. The zero-order valence-corrected chi connectivity index (χ0v) is 27.2. The van der Waals surface area contributed by atoms with Gasteiger partial charge in [0.05, 0.1) is 11.0 Å². The van der Waals surface area contributed by atoms with Crippen molar-refractivity contribution in [1.29, 1.82) is 0 Å². The predicted molar refractivity (Wildman–Crippen MR) is 206 cm³/mol. The van der Waals surface area contributed by atoms with Crippen LogP contribution in [0.25, 0.3) is 93.9 Å². The average molecular weight is 625 g/mol. The number of aromatic nitrogens is 2. The van der Waals surface area contributed by atoms with E-state index >= 15 is 0 Å². The smallest absolute Gasteiger partial charge is 0.114 e. The van der Waals surface area contributed by atoms with Gasteiger partial charge in [-0.05, 0) is 101 Å². The molecule has 9 aromatic rings. The molecule has 230 valence electrons. The molecular weight excluding hydrogens is 593 g/mol. The number of rotatable bonds is 5. The standard InChI is InChI=1S/C47H32N2/c1-2-42-48-40-22-11-12-23-41(40)49(42)33-26-24-30(25-27-33)34-28-29-39-45-35(34)20-13-21-38(45)46-43(31-14-5-3-6-15-31)36-18-9-10-19-37(36)44(47(39)46)32-16-7-4-8-17-32/h3-29H,2H2,1H3. The average Bonchev–Trinajstić information content (AvgIpc) is 3.71. The Labute approximate surface area is 285 Å². The van der Waals surface area contributed by atoms with E-state index in [0.717, 1.165) is 29.0 Å². The molecule has 0 saturated heterocycles. The molecule has 10 rings (SSSR count). The first-order valence-electron chi connectivity index (χ1n) is 17.1. The SMILES string of the molecule is CCc1nc2ccccc2n1-c1ccc(-c2ccc3c4c(cccc24)-c2c-3c(-c3ccccc3)c3ccccc3c2-c2ccccc2)cc1. The molecule has 8 aromatic carbocycles. The molecule has 49 heavy (non-hydrogen) atoms. The molecule has 0 radical (unpaired) electrons. The molecule has 0 fully saturated rings. The fourth-order valence-corrected chi connectivity index (χ4v) is 8.25. The van der Waals surface area contributed by atoms with Gasteiger partial charge in [0.2, 0.25) is 0 Å². The second-order valence-corrected chi connectivity index (χ2v) is 12.9. The third kappa shape index (κ3) is 4.11. The number of hydrogen-bond donors (Lipinski definition) is 0. The van der Waals surface area contributed by atoms with E-state index in [1.54, 1.807) is 0 Å². The molecule has 1 aromatic heterocycles. The van der Waals surface area contributed by atoms with Crippen LogP contribution >= 0.6 is 0 Å². The summed E-state index contributed by atoms with van der Waals surface area (Å²) in [6.07, 6.45) is 0.872. The van der Waals surface area contributed by atoms with Gasteiger partial charge in [0.15, 0.2) is 0 Å². The largest absolute Gasteiger partial charge is 0.296 e. The molecule has 1 aliphatic rings. The van der Waals surface area contributed by atoms with Crippen molar-refractivity contribution in [3.63, 3.8) is 0 Å². The lowest BCUT2D eigenvalue weighted by molar-refractivity contribution is 0.908. The van der Waals surface area contributed by atoms with Crippen LogP contribution in [0.1, 0.15) is 12.7 Å². The van der Waals surface area contributed by atoms with Crippen LogP contribution in [0.4, 0.5) is 0 Å². The van der Waals surface area contributed by atoms with Gasteiger partial charge in [-0.2, -0.15) is 0 Å². The Hall–Kier alpha value is -6.25. The summed E-state index contributed by atoms with van der Waals surface area (Å²) in [6, 6.07) is 59.8. The number of hydrogen-bond acceptors (Lipinski definition) is 1. The highest BCUT2D eigenvalue weighted by atomic mass is 15.1. The zero-order chi connectivity index (χ0) is 32.5. The van der Waals surface area contributed by atoms with Gasteiger partial charge in [-0.25, -0.2) is 4.98 Å². The fraction of sp³-hybridized carbons (Fsp3) is 0.0426. The maximum absolute atomic E-state index is 4.92. The van der Waals surface area contributed by atoms with Gasteiger partial charge < -0.3 is 0 Å². The highest BCUT2D eigenvalue weighted by Crippen LogP contribution is 2.58. The number of nitrogens with zero attached hydrogens (tertiary/aromatic N) is 2. The van der Waals surface area contributed by atoms with Crippen molar-refractivity contribution in [2.45, 2.75) is 13.3 Å². The Morgan fingerprint density at radius 2 is 0.980 bits per heavy atom. The number of para-hydroxylation sites is 2. The summed E-state index contributed by atoms with van der Waals surface area (Å²) in [7, 11) is 0. The summed E-state index contributed by atoms with van der Waals surface area (Å²) in [5.41, 5.74) is 16.1. The lowest BCUT2D eigenvalue weighted by Crippen LogP contribution is -1.99. The zero-order valence-electron chi connectivity index (χ0n) is 27.2. The molecule has 0 amide bonds. The highest BCUT2D eigenvalue weighted by molar-refractivity contribution is 6.28. The Balaban J connectivity index is 1.22. The van der Waals surface area contributed by atoms with Crippen LogP contribution in [0.15, 0.2) is 164 Å². The number of benzene rings is 8. The van der Waals surface area contributed by atoms with Crippen molar-refractivity contribution < 1.29 is 0 Å². The Kier molecular flexibility index (Phi) is 6.19. The van der Waals surface area contributed by atoms with Gasteiger partial charge in [-0.3, -0.25) is 4.57 Å². The molecular formula is C47H32N2. The minimum atomic E-state index is 0.872. The Morgan fingerprint density at radius 3 is 1.63 bits per heavy atom. The second kappa shape index (κ2) is 10.9. The lowest BCUT2D eigenvalue weighted by Gasteiger charge is -2.20. The summed E-state index contributed by atoms with van der Waals surface area (Å²) in [5.74, 6) is 1.08. The summed E-state index contributed by atoms with van der Waals surface area (Å²) < 4.78 is 2.30. The molecule has 0 N–H and O–H groups in total. The first-order chi connectivity index (χ1) is 24.3. The second-order valence-electron chi connectivity index (χ2n) is 12.9. The maximum atomic E-state index is 4.92. The van der Waals surface area contributed by atoms with Crippen LogP contribution in [0.5, 0.6) is 0 Å². The van der Waals surface area contributed by atoms with E-state index in [1.165, 1.54) is 77.2 Å². The Bertz CT molecular complexity index is 2630. The molecule has 0 saturated carbocycles. The van der Waals surface area contributed by atoms with Crippen molar-refractivity contribution in [3.8, 4) is 61.3 Å². The van der Waals surface area contributed by atoms with E-state index in [4.69, 9.17) is 4.98 Å². The van der Waals surface area contributed by atoms with Crippen molar-refractivity contribution in [2.24, 2.45) is 0 Å². The molecule has 0 aliphatic heterocycles. The first kappa shape index (κ1) is 27.8. The molecule has 1 aliphatic carbocycles. The summed E-state index contributed by atoms with van der Waals surface area (Å²) >= 11 is 0. The van der Waals surface area contributed by atoms with Crippen LogP contribution in [0.3, 0.4) is 0 Å².